The Kier molecular flexibility index (Phi) is 7.16. The first-order valence-electron chi connectivity index (χ1n) is 9.19. The lowest BCUT2D eigenvalue weighted by atomic mass is 10.1. The Morgan fingerprint density at radius 1 is 1.07 bits per heavy atom. The van der Waals surface area contributed by atoms with Crippen molar-refractivity contribution in [1.29, 1.82) is 0 Å². The predicted molar refractivity (Wildman–Crippen MR) is 106 cm³/mol. The summed E-state index contributed by atoms with van der Waals surface area (Å²) in [5.74, 6) is -0.623. The van der Waals surface area contributed by atoms with Crippen molar-refractivity contribution in [3.8, 4) is 0 Å². The molecule has 0 aliphatic rings. The van der Waals surface area contributed by atoms with Crippen LogP contribution in [0.1, 0.15) is 48.7 Å². The molecule has 0 radical (unpaired) electrons. The van der Waals surface area contributed by atoms with Crippen LogP contribution in [0.3, 0.4) is 0 Å². The molecule has 2 rings (SSSR count). The molecule has 27 heavy (non-hydrogen) atoms. The molecule has 0 spiro atoms. The van der Waals surface area contributed by atoms with E-state index in [1.165, 1.54) is 6.07 Å². The maximum atomic E-state index is 13.1. The number of benzene rings is 2. The first kappa shape index (κ1) is 21.1. The molecule has 0 aliphatic heterocycles. The molecular weight excluding hydrogens is 362 g/mol. The second kappa shape index (κ2) is 9.15. The second-order valence-electron chi connectivity index (χ2n) is 6.63. The molecular formula is C21H27NO4S. The molecule has 1 atom stereocenters. The van der Waals surface area contributed by atoms with Crippen LogP contribution in [-0.4, -0.2) is 27.0 Å². The molecule has 0 fully saturated rings. The molecule has 0 saturated carbocycles. The summed E-state index contributed by atoms with van der Waals surface area (Å²) in [5.41, 5.74) is 7.75. The minimum atomic E-state index is -3.84. The Bertz CT molecular complexity index is 887. The van der Waals surface area contributed by atoms with Gasteiger partial charge in [-0.2, -0.15) is 0 Å². The third-order valence-corrected chi connectivity index (χ3v) is 5.99. The lowest BCUT2D eigenvalue weighted by Crippen LogP contribution is -2.17. The summed E-state index contributed by atoms with van der Waals surface area (Å²) >= 11 is 0. The number of carbonyl (C=O) groups excluding carboxylic acids is 1. The molecule has 0 aliphatic carbocycles. The summed E-state index contributed by atoms with van der Waals surface area (Å²) in [6.45, 7) is 5.80. The quantitative estimate of drug-likeness (QED) is 0.698. The number of sulfone groups is 1. The first-order valence-corrected chi connectivity index (χ1v) is 10.7. The van der Waals surface area contributed by atoms with Crippen molar-refractivity contribution < 1.29 is 17.9 Å². The van der Waals surface area contributed by atoms with Crippen molar-refractivity contribution in [2.24, 2.45) is 5.73 Å². The standard InChI is InChI=1S/C21H27NO4S/c1-4-6-16-9-12-20(19(14-16)21(23)26-5-2)27(24,25)18-10-7-17(8-11-18)13-15(3)22/h7-12,14-15H,4-6,13,22H2,1-3H3/t15-/m1/s1. The van der Waals surface area contributed by atoms with Crippen LogP contribution in [0.4, 0.5) is 0 Å². The largest absolute Gasteiger partial charge is 0.462 e. The average molecular weight is 390 g/mol. The zero-order chi connectivity index (χ0) is 20.0. The molecule has 0 saturated heterocycles. The number of aryl methyl sites for hydroxylation is 1. The summed E-state index contributed by atoms with van der Waals surface area (Å²) < 4.78 is 31.3. The maximum absolute atomic E-state index is 13.1. The number of esters is 1. The van der Waals surface area contributed by atoms with E-state index in [-0.39, 0.29) is 28.0 Å². The third kappa shape index (κ3) is 5.17. The van der Waals surface area contributed by atoms with Crippen molar-refractivity contribution in [2.75, 3.05) is 6.61 Å². The summed E-state index contributed by atoms with van der Waals surface area (Å²) in [4.78, 5) is 12.5. The van der Waals surface area contributed by atoms with Crippen molar-refractivity contribution in [1.82, 2.24) is 0 Å². The molecule has 0 heterocycles. The van der Waals surface area contributed by atoms with Gasteiger partial charge in [0.25, 0.3) is 0 Å². The Labute approximate surface area is 161 Å². The minimum Gasteiger partial charge on any atom is -0.462 e. The fourth-order valence-corrected chi connectivity index (χ4v) is 4.35. The Morgan fingerprint density at radius 2 is 1.70 bits per heavy atom. The molecule has 5 nitrogen and oxygen atoms in total. The van der Waals surface area contributed by atoms with Crippen LogP contribution in [0, 0.1) is 0 Å². The number of ether oxygens (including phenoxy) is 1. The van der Waals surface area contributed by atoms with Crippen LogP contribution in [0.25, 0.3) is 0 Å². The van der Waals surface area contributed by atoms with E-state index in [1.54, 1.807) is 43.3 Å². The zero-order valence-electron chi connectivity index (χ0n) is 16.1. The van der Waals surface area contributed by atoms with Gasteiger partial charge in [-0.05, 0) is 62.1 Å². The third-order valence-electron chi connectivity index (χ3n) is 4.16. The normalized spacial score (nSPS) is 12.6. The van der Waals surface area contributed by atoms with E-state index in [2.05, 4.69) is 0 Å². The van der Waals surface area contributed by atoms with Crippen LogP contribution >= 0.6 is 0 Å². The van der Waals surface area contributed by atoms with Gasteiger partial charge in [0.15, 0.2) is 0 Å². The molecule has 0 unspecified atom stereocenters. The van der Waals surface area contributed by atoms with E-state index >= 15 is 0 Å². The van der Waals surface area contributed by atoms with E-state index in [0.29, 0.717) is 6.42 Å². The highest BCUT2D eigenvalue weighted by Crippen LogP contribution is 2.27. The van der Waals surface area contributed by atoms with E-state index < -0.39 is 15.8 Å². The van der Waals surface area contributed by atoms with Gasteiger partial charge in [-0.15, -0.1) is 0 Å². The molecule has 0 aromatic heterocycles. The Hall–Kier alpha value is -2.18. The number of hydrogen-bond acceptors (Lipinski definition) is 5. The van der Waals surface area contributed by atoms with Crippen molar-refractivity contribution in [3.05, 3.63) is 59.2 Å². The van der Waals surface area contributed by atoms with Gasteiger partial charge in [-0.3, -0.25) is 0 Å². The second-order valence-corrected chi connectivity index (χ2v) is 8.55. The Balaban J connectivity index is 2.49. The van der Waals surface area contributed by atoms with Crippen LogP contribution in [0.2, 0.25) is 0 Å². The zero-order valence-corrected chi connectivity index (χ0v) is 16.9. The van der Waals surface area contributed by atoms with Crippen LogP contribution < -0.4 is 5.73 Å². The smallest absolute Gasteiger partial charge is 0.339 e. The highest BCUT2D eigenvalue weighted by atomic mass is 32.2. The highest BCUT2D eigenvalue weighted by Gasteiger charge is 2.25. The fraction of sp³-hybridized carbons (Fsp3) is 0.381. The molecule has 6 heteroatoms. The molecule has 2 N–H and O–H groups in total. The monoisotopic (exact) mass is 389 g/mol. The van der Waals surface area contributed by atoms with Gasteiger partial charge in [0.1, 0.15) is 0 Å². The molecule has 146 valence electrons. The van der Waals surface area contributed by atoms with Gasteiger partial charge >= 0.3 is 5.97 Å². The summed E-state index contributed by atoms with van der Waals surface area (Å²) in [6.07, 6.45) is 2.33. The summed E-state index contributed by atoms with van der Waals surface area (Å²) in [7, 11) is -3.84. The topological polar surface area (TPSA) is 86.5 Å². The van der Waals surface area contributed by atoms with Crippen LogP contribution in [0.15, 0.2) is 52.3 Å². The average Bonchev–Trinajstić information content (AvgIpc) is 2.62. The van der Waals surface area contributed by atoms with Crippen molar-refractivity contribution in [3.63, 3.8) is 0 Å². The number of hydrogen-bond donors (Lipinski definition) is 1. The van der Waals surface area contributed by atoms with Gasteiger partial charge in [-0.25, -0.2) is 13.2 Å². The van der Waals surface area contributed by atoms with Crippen molar-refractivity contribution >= 4 is 15.8 Å². The molecule has 0 amide bonds. The predicted octanol–water partition coefficient (Wildman–Crippen LogP) is 3.54. The number of nitrogens with two attached hydrogens (primary N) is 1. The molecule has 2 aromatic rings. The first-order chi connectivity index (χ1) is 12.8. The fourth-order valence-electron chi connectivity index (χ4n) is 2.93. The van der Waals surface area contributed by atoms with E-state index in [4.69, 9.17) is 10.5 Å². The lowest BCUT2D eigenvalue weighted by molar-refractivity contribution is 0.0521. The van der Waals surface area contributed by atoms with Crippen LogP contribution in [0.5, 0.6) is 0 Å². The highest BCUT2D eigenvalue weighted by molar-refractivity contribution is 7.91. The van der Waals surface area contributed by atoms with E-state index in [9.17, 15) is 13.2 Å². The summed E-state index contributed by atoms with van der Waals surface area (Å²) in [6, 6.07) is 11.5. The lowest BCUT2D eigenvalue weighted by Gasteiger charge is -2.13. The van der Waals surface area contributed by atoms with Gasteiger partial charge in [0.2, 0.25) is 9.84 Å². The molecule has 2 aromatic carbocycles. The van der Waals surface area contributed by atoms with Gasteiger partial charge < -0.3 is 10.5 Å². The van der Waals surface area contributed by atoms with Gasteiger partial charge in [-0.1, -0.05) is 31.5 Å². The SMILES string of the molecule is CCCc1ccc(S(=O)(=O)c2ccc(C[C@@H](C)N)cc2)c(C(=O)OCC)c1. The minimum absolute atomic E-state index is 0.00557. The van der Waals surface area contributed by atoms with Crippen molar-refractivity contribution in [2.45, 2.75) is 55.9 Å². The van der Waals surface area contributed by atoms with E-state index in [0.717, 1.165) is 24.0 Å². The van der Waals surface area contributed by atoms with Crippen LogP contribution in [-0.2, 0) is 27.4 Å². The number of carbonyl (C=O) groups is 1. The number of rotatable bonds is 8. The van der Waals surface area contributed by atoms with E-state index in [1.807, 2.05) is 13.8 Å². The van der Waals surface area contributed by atoms with Gasteiger partial charge in [0.05, 0.1) is 22.0 Å². The Morgan fingerprint density at radius 3 is 2.26 bits per heavy atom. The van der Waals surface area contributed by atoms with Gasteiger partial charge in [0, 0.05) is 6.04 Å². The molecule has 0 bridgehead atoms. The summed E-state index contributed by atoms with van der Waals surface area (Å²) in [5, 5.41) is 0. The maximum Gasteiger partial charge on any atom is 0.339 e.